The second-order valence-corrected chi connectivity index (χ2v) is 5.92. The summed E-state index contributed by atoms with van der Waals surface area (Å²) in [4.78, 5) is 8.67. The number of nitrogens with two attached hydrogens (primary N) is 1. The van der Waals surface area contributed by atoms with E-state index in [1.165, 1.54) is 5.56 Å². The van der Waals surface area contributed by atoms with Gasteiger partial charge in [0.2, 0.25) is 0 Å². The molecule has 0 saturated carbocycles. The van der Waals surface area contributed by atoms with Crippen LogP contribution in [0.3, 0.4) is 0 Å². The van der Waals surface area contributed by atoms with Gasteiger partial charge >= 0.3 is 0 Å². The number of aliphatic imine (C=N–C) groups is 1. The molecule has 0 unspecified atom stereocenters. The second-order valence-electron chi connectivity index (χ2n) is 4.63. The maximum Gasteiger partial charge on any atom is 0.193 e. The van der Waals surface area contributed by atoms with Crippen molar-refractivity contribution in [3.05, 3.63) is 53.7 Å². The quantitative estimate of drug-likeness (QED) is 0.504. The van der Waals surface area contributed by atoms with Crippen molar-refractivity contribution in [2.45, 2.75) is 25.4 Å². The van der Waals surface area contributed by atoms with Gasteiger partial charge in [-0.05, 0) is 48.1 Å². The van der Waals surface area contributed by atoms with Crippen LogP contribution in [0.25, 0.3) is 0 Å². The topological polar surface area (TPSA) is 63.3 Å². The summed E-state index contributed by atoms with van der Waals surface area (Å²) >= 11 is 1.72. The molecule has 3 N–H and O–H groups in total. The van der Waals surface area contributed by atoms with Crippen LogP contribution < -0.4 is 11.1 Å². The molecule has 1 aromatic carbocycles. The smallest absolute Gasteiger partial charge is 0.193 e. The Morgan fingerprint density at radius 3 is 2.95 bits per heavy atom. The fourth-order valence-corrected chi connectivity index (χ4v) is 2.53. The highest BCUT2D eigenvalue weighted by Crippen LogP contribution is 2.16. The average molecular weight is 300 g/mol. The number of hydrogen-bond acceptors (Lipinski definition) is 3. The van der Waals surface area contributed by atoms with Crippen molar-refractivity contribution in [2.75, 3.05) is 11.1 Å². The molecule has 0 aliphatic rings. The van der Waals surface area contributed by atoms with Gasteiger partial charge in [0.25, 0.3) is 0 Å². The lowest BCUT2D eigenvalue weighted by Crippen LogP contribution is -2.22. The Morgan fingerprint density at radius 1 is 1.33 bits per heavy atom. The monoisotopic (exact) mass is 300 g/mol. The first-order valence-corrected chi connectivity index (χ1v) is 7.87. The number of pyridine rings is 1. The van der Waals surface area contributed by atoms with Gasteiger partial charge in [-0.25, -0.2) is 9.98 Å². The van der Waals surface area contributed by atoms with Crippen LogP contribution in [-0.2, 0) is 6.54 Å². The zero-order valence-electron chi connectivity index (χ0n) is 12.3. The van der Waals surface area contributed by atoms with Crippen molar-refractivity contribution in [3.63, 3.8) is 0 Å². The third-order valence-electron chi connectivity index (χ3n) is 2.81. The molecule has 1 heterocycles. The van der Waals surface area contributed by atoms with Crippen LogP contribution in [0.1, 0.15) is 18.1 Å². The van der Waals surface area contributed by atoms with Gasteiger partial charge < -0.3 is 11.1 Å². The summed E-state index contributed by atoms with van der Waals surface area (Å²) in [6.07, 6.45) is 1.81. The highest BCUT2D eigenvalue weighted by molar-refractivity contribution is 7.99. The molecule has 0 radical (unpaired) electrons. The number of aromatic nitrogens is 1. The molecule has 0 atom stereocenters. The molecular weight excluding hydrogens is 280 g/mol. The number of guanidine groups is 1. The van der Waals surface area contributed by atoms with Gasteiger partial charge in [-0.2, -0.15) is 0 Å². The van der Waals surface area contributed by atoms with Gasteiger partial charge in [0.05, 0.1) is 11.6 Å². The number of nitrogens with one attached hydrogen (secondary N) is 1. The summed E-state index contributed by atoms with van der Waals surface area (Å²) in [5.41, 5.74) is 9.16. The maximum absolute atomic E-state index is 5.92. The van der Waals surface area contributed by atoms with Crippen molar-refractivity contribution in [3.8, 4) is 0 Å². The van der Waals surface area contributed by atoms with E-state index in [-0.39, 0.29) is 0 Å². The Bertz CT molecular complexity index is 625. The molecule has 21 heavy (non-hydrogen) atoms. The van der Waals surface area contributed by atoms with Crippen LogP contribution in [0, 0.1) is 6.92 Å². The van der Waals surface area contributed by atoms with Crippen molar-refractivity contribution in [1.82, 2.24) is 4.98 Å². The molecule has 2 rings (SSSR count). The van der Waals surface area contributed by atoms with Gasteiger partial charge in [-0.3, -0.25) is 0 Å². The van der Waals surface area contributed by atoms with Crippen molar-refractivity contribution >= 4 is 23.4 Å². The third-order valence-corrected chi connectivity index (χ3v) is 3.62. The lowest BCUT2D eigenvalue weighted by atomic mass is 10.2. The van der Waals surface area contributed by atoms with Crippen molar-refractivity contribution < 1.29 is 0 Å². The number of rotatable bonds is 5. The van der Waals surface area contributed by atoms with E-state index in [0.29, 0.717) is 12.5 Å². The van der Waals surface area contributed by atoms with Crippen LogP contribution in [0.15, 0.2) is 52.6 Å². The molecule has 0 aliphatic carbocycles. The zero-order chi connectivity index (χ0) is 15.1. The summed E-state index contributed by atoms with van der Waals surface area (Å²) in [6, 6.07) is 12.0. The van der Waals surface area contributed by atoms with Gasteiger partial charge in [-0.15, -0.1) is 11.8 Å². The number of anilines is 1. The summed E-state index contributed by atoms with van der Waals surface area (Å²) < 4.78 is 0. The molecule has 110 valence electrons. The van der Waals surface area contributed by atoms with E-state index in [1.54, 1.807) is 11.8 Å². The maximum atomic E-state index is 5.92. The lowest BCUT2D eigenvalue weighted by molar-refractivity contribution is 1.01. The zero-order valence-corrected chi connectivity index (χ0v) is 13.2. The number of benzene rings is 1. The van der Waals surface area contributed by atoms with E-state index in [4.69, 9.17) is 5.73 Å². The minimum Gasteiger partial charge on any atom is -0.370 e. The molecule has 0 amide bonds. The summed E-state index contributed by atoms with van der Waals surface area (Å²) in [6.45, 7) is 4.70. The van der Waals surface area contributed by atoms with E-state index in [0.717, 1.165) is 22.0 Å². The number of hydrogen-bond donors (Lipinski definition) is 2. The van der Waals surface area contributed by atoms with Crippen molar-refractivity contribution in [2.24, 2.45) is 10.7 Å². The molecule has 0 spiro atoms. The van der Waals surface area contributed by atoms with Gasteiger partial charge in [0.1, 0.15) is 0 Å². The molecule has 0 saturated heterocycles. The van der Waals surface area contributed by atoms with Crippen LogP contribution in [0.5, 0.6) is 0 Å². The highest BCUT2D eigenvalue weighted by Gasteiger charge is 1.98. The summed E-state index contributed by atoms with van der Waals surface area (Å²) in [7, 11) is 0. The third kappa shape index (κ3) is 5.11. The molecule has 1 aromatic heterocycles. The Morgan fingerprint density at radius 2 is 2.19 bits per heavy atom. The Balaban J connectivity index is 1.98. The first-order valence-electron chi connectivity index (χ1n) is 6.88. The predicted octanol–water partition coefficient (Wildman–Crippen LogP) is 3.43. The largest absolute Gasteiger partial charge is 0.370 e. The Kier molecular flexibility index (Phi) is 5.63. The molecule has 0 aliphatic heterocycles. The second kappa shape index (κ2) is 7.69. The first kappa shape index (κ1) is 15.4. The highest BCUT2D eigenvalue weighted by atomic mass is 32.2. The van der Waals surface area contributed by atoms with Crippen molar-refractivity contribution in [1.29, 1.82) is 0 Å². The Hall–Kier alpha value is -2.01. The fraction of sp³-hybridized carbons (Fsp3) is 0.250. The van der Waals surface area contributed by atoms with E-state index in [1.807, 2.05) is 43.5 Å². The van der Waals surface area contributed by atoms with Gasteiger partial charge in [0.15, 0.2) is 5.96 Å². The predicted molar refractivity (Wildman–Crippen MR) is 90.8 cm³/mol. The van der Waals surface area contributed by atoms with E-state index >= 15 is 0 Å². The molecule has 0 bridgehead atoms. The lowest BCUT2D eigenvalue weighted by Gasteiger charge is -2.06. The summed E-state index contributed by atoms with van der Waals surface area (Å²) in [5, 5.41) is 4.12. The minimum atomic E-state index is 0.419. The normalized spacial score (nSPS) is 11.4. The number of aryl methyl sites for hydroxylation is 1. The van der Waals surface area contributed by atoms with Crippen LogP contribution in [-0.4, -0.2) is 16.7 Å². The van der Waals surface area contributed by atoms with Gasteiger partial charge in [0, 0.05) is 11.9 Å². The SMILES string of the molecule is CCSc1cc(CN=C(N)Nc2cccc(C)c2)ccn1. The van der Waals surface area contributed by atoms with Crippen LogP contribution in [0.4, 0.5) is 5.69 Å². The number of nitrogens with zero attached hydrogens (tertiary/aromatic N) is 2. The minimum absolute atomic E-state index is 0.419. The average Bonchev–Trinajstić information content (AvgIpc) is 2.46. The van der Waals surface area contributed by atoms with Crippen LogP contribution >= 0.6 is 11.8 Å². The van der Waals surface area contributed by atoms with E-state index in [9.17, 15) is 0 Å². The molecule has 2 aromatic rings. The summed E-state index contributed by atoms with van der Waals surface area (Å²) in [5.74, 6) is 1.43. The van der Waals surface area contributed by atoms with Gasteiger partial charge in [-0.1, -0.05) is 19.1 Å². The van der Waals surface area contributed by atoms with E-state index in [2.05, 4.69) is 28.3 Å². The molecule has 5 heteroatoms. The molecular formula is C16H20N4S. The standard InChI is InChI=1S/C16H20N4S/c1-3-21-15-10-13(7-8-18-15)11-19-16(17)20-14-6-4-5-12(2)9-14/h4-10H,3,11H2,1-2H3,(H3,17,19,20). The fourth-order valence-electron chi connectivity index (χ4n) is 1.86. The van der Waals surface area contributed by atoms with E-state index < -0.39 is 0 Å². The first-order chi connectivity index (χ1) is 10.2. The number of thioether (sulfide) groups is 1. The van der Waals surface area contributed by atoms with Crippen LogP contribution in [0.2, 0.25) is 0 Å². The molecule has 0 fully saturated rings. The molecule has 4 nitrogen and oxygen atoms in total. The Labute approximate surface area is 129 Å².